The fourth-order valence-corrected chi connectivity index (χ4v) is 9.09. The molecule has 0 N–H and O–H groups in total. The van der Waals surface area contributed by atoms with Gasteiger partial charge in [-0.15, -0.1) is 0 Å². The summed E-state index contributed by atoms with van der Waals surface area (Å²) in [5, 5.41) is -0.256. The number of hydrogen-bond donors (Lipinski definition) is 0. The van der Waals surface area contributed by atoms with Crippen LogP contribution in [0.5, 0.6) is 0 Å². The molecule has 0 heterocycles. The van der Waals surface area contributed by atoms with Crippen molar-refractivity contribution in [2.24, 2.45) is 34.5 Å². The maximum absolute atomic E-state index is 13.2. The zero-order chi connectivity index (χ0) is 24.7. The summed E-state index contributed by atoms with van der Waals surface area (Å²) in [6, 6.07) is 0. The second kappa shape index (κ2) is 9.91. The van der Waals surface area contributed by atoms with Gasteiger partial charge in [-0.2, -0.15) is 0 Å². The summed E-state index contributed by atoms with van der Waals surface area (Å²) >= 11 is 1.19. The van der Waals surface area contributed by atoms with Crippen LogP contribution in [-0.2, 0) is 23.9 Å². The summed E-state index contributed by atoms with van der Waals surface area (Å²) in [6.45, 7) is 8.12. The van der Waals surface area contributed by atoms with E-state index in [1.54, 1.807) is 6.92 Å². The molecule has 0 radical (unpaired) electrons. The van der Waals surface area contributed by atoms with E-state index >= 15 is 0 Å². The maximum Gasteiger partial charge on any atom is 0.306 e. The third-order valence-electron chi connectivity index (χ3n) is 9.79. The van der Waals surface area contributed by atoms with Gasteiger partial charge in [0, 0.05) is 19.3 Å². The summed E-state index contributed by atoms with van der Waals surface area (Å²) in [6.07, 6.45) is 10.8. The van der Waals surface area contributed by atoms with Crippen molar-refractivity contribution in [1.82, 2.24) is 0 Å². The lowest BCUT2D eigenvalue weighted by Crippen LogP contribution is -2.52. The summed E-state index contributed by atoms with van der Waals surface area (Å²) in [5.74, 6) is 1.44. The zero-order valence-corrected chi connectivity index (χ0v) is 22.0. The normalized spacial score (nSPS) is 38.9. The first-order chi connectivity index (χ1) is 16.1. The van der Waals surface area contributed by atoms with E-state index in [9.17, 15) is 19.2 Å². The number of hydrogen-bond acceptors (Lipinski definition) is 6. The molecule has 0 aromatic heterocycles. The topological polar surface area (TPSA) is 77.5 Å². The van der Waals surface area contributed by atoms with Crippen LogP contribution in [0.2, 0.25) is 0 Å². The Hall–Kier alpha value is -1.43. The first kappa shape index (κ1) is 25.7. The van der Waals surface area contributed by atoms with E-state index in [1.165, 1.54) is 17.3 Å². The van der Waals surface area contributed by atoms with Gasteiger partial charge in [0.15, 0.2) is 16.7 Å². The number of fused-ring (bicyclic) bond motifs is 5. The average molecular weight is 489 g/mol. The minimum absolute atomic E-state index is 0.00919. The number of carbonyl (C=O) groups excluding carboxylic acids is 4. The SMILES string of the molecule is CCCCC(=O)OCC(=O)[C@H]1CC[C@H]2[C@@H]3CCC4=CC(=O)C(SC(C)=O)C[C@]4(C)[C@H]3CC[C@]12C. The second-order valence-corrected chi connectivity index (χ2v) is 13.0. The molecule has 3 saturated carbocycles. The van der Waals surface area contributed by atoms with Crippen molar-refractivity contribution in [3.63, 3.8) is 0 Å². The first-order valence-corrected chi connectivity index (χ1v) is 14.1. The highest BCUT2D eigenvalue weighted by molar-refractivity contribution is 8.14. The van der Waals surface area contributed by atoms with Crippen molar-refractivity contribution >= 4 is 34.4 Å². The van der Waals surface area contributed by atoms with Crippen molar-refractivity contribution in [2.75, 3.05) is 6.61 Å². The molecule has 4 aliphatic rings. The van der Waals surface area contributed by atoms with Gasteiger partial charge in [-0.05, 0) is 86.0 Å². The standard InChI is InChI=1S/C28H40O5S/c1-5-6-7-26(32)33-16-24(31)22-11-10-20-19-9-8-18-14-23(30)25(34-17(2)29)15-28(18,4)21(19)12-13-27(20,22)3/h14,19-22,25H,5-13,15-16H2,1-4H3/t19-,20-,21-,22+,25?,27-,28-/m0/s1. The molecule has 4 rings (SSSR count). The van der Waals surface area contributed by atoms with Crippen LogP contribution in [0.4, 0.5) is 0 Å². The highest BCUT2D eigenvalue weighted by Crippen LogP contribution is 2.67. The molecular weight excluding hydrogens is 448 g/mol. The molecule has 0 aromatic carbocycles. The van der Waals surface area contributed by atoms with E-state index in [1.807, 2.05) is 13.0 Å². The van der Waals surface area contributed by atoms with Crippen LogP contribution in [0.15, 0.2) is 11.6 Å². The van der Waals surface area contributed by atoms with Gasteiger partial charge in [0.2, 0.25) is 0 Å². The summed E-state index contributed by atoms with van der Waals surface area (Å²) in [4.78, 5) is 49.5. The Labute approximate surface area is 208 Å². The van der Waals surface area contributed by atoms with Crippen molar-refractivity contribution < 1.29 is 23.9 Å². The van der Waals surface area contributed by atoms with Crippen LogP contribution >= 0.6 is 11.8 Å². The molecule has 0 aromatic rings. The molecule has 7 atom stereocenters. The highest BCUT2D eigenvalue weighted by Gasteiger charge is 2.60. The molecule has 0 saturated heterocycles. The Balaban J connectivity index is 1.47. The monoisotopic (exact) mass is 488 g/mol. The molecule has 1 unspecified atom stereocenters. The van der Waals surface area contributed by atoms with E-state index in [4.69, 9.17) is 4.74 Å². The van der Waals surface area contributed by atoms with Gasteiger partial charge >= 0.3 is 5.97 Å². The highest BCUT2D eigenvalue weighted by atomic mass is 32.2. The molecule has 4 aliphatic carbocycles. The molecule has 3 fully saturated rings. The molecular formula is C28H40O5S. The molecule has 188 valence electrons. The van der Waals surface area contributed by atoms with E-state index in [-0.39, 0.29) is 51.3 Å². The first-order valence-electron chi connectivity index (χ1n) is 13.2. The van der Waals surface area contributed by atoms with Crippen LogP contribution < -0.4 is 0 Å². The van der Waals surface area contributed by atoms with Gasteiger partial charge < -0.3 is 4.74 Å². The van der Waals surface area contributed by atoms with Crippen LogP contribution in [0.3, 0.4) is 0 Å². The summed E-state index contributed by atoms with van der Waals surface area (Å²) in [5.41, 5.74) is 1.21. The number of ketones is 2. The van der Waals surface area contributed by atoms with Gasteiger partial charge in [-0.3, -0.25) is 19.2 Å². The third kappa shape index (κ3) is 4.56. The van der Waals surface area contributed by atoms with Crippen LogP contribution in [0, 0.1) is 34.5 Å². The molecule has 0 spiro atoms. The largest absolute Gasteiger partial charge is 0.458 e. The van der Waals surface area contributed by atoms with Crippen molar-refractivity contribution in [3.8, 4) is 0 Å². The van der Waals surface area contributed by atoms with E-state index in [0.29, 0.717) is 24.2 Å². The van der Waals surface area contributed by atoms with Gasteiger partial charge in [-0.1, -0.05) is 44.5 Å². The molecule has 6 heteroatoms. The predicted octanol–water partition coefficient (Wildman–Crippen LogP) is 5.70. The smallest absolute Gasteiger partial charge is 0.306 e. The summed E-state index contributed by atoms with van der Waals surface area (Å²) in [7, 11) is 0. The van der Waals surface area contributed by atoms with Crippen LogP contribution in [0.25, 0.3) is 0 Å². The minimum Gasteiger partial charge on any atom is -0.458 e. The zero-order valence-electron chi connectivity index (χ0n) is 21.2. The average Bonchev–Trinajstić information content (AvgIpc) is 3.14. The Morgan fingerprint density at radius 2 is 1.88 bits per heavy atom. The quantitative estimate of drug-likeness (QED) is 0.428. The van der Waals surface area contributed by atoms with Crippen molar-refractivity contribution in [3.05, 3.63) is 11.6 Å². The Morgan fingerprint density at radius 1 is 1.12 bits per heavy atom. The number of rotatable bonds is 7. The number of Topliss-reactive ketones (excluding diaryl/α,β-unsaturated/α-hetero) is 1. The van der Waals surface area contributed by atoms with E-state index in [2.05, 4.69) is 13.8 Å². The van der Waals surface area contributed by atoms with Gasteiger partial charge in [0.1, 0.15) is 6.61 Å². The second-order valence-electron chi connectivity index (χ2n) is 11.6. The van der Waals surface area contributed by atoms with Crippen molar-refractivity contribution in [2.45, 2.75) is 97.2 Å². The number of esters is 1. The lowest BCUT2D eigenvalue weighted by Gasteiger charge is -2.58. The fraction of sp³-hybridized carbons (Fsp3) is 0.786. The van der Waals surface area contributed by atoms with E-state index in [0.717, 1.165) is 57.8 Å². The number of ether oxygens (including phenoxy) is 1. The fourth-order valence-electron chi connectivity index (χ4n) is 8.07. The number of carbonyl (C=O) groups is 4. The van der Waals surface area contributed by atoms with Gasteiger partial charge in [0.25, 0.3) is 0 Å². The summed E-state index contributed by atoms with van der Waals surface area (Å²) < 4.78 is 5.33. The predicted molar refractivity (Wildman–Crippen MR) is 133 cm³/mol. The third-order valence-corrected chi connectivity index (χ3v) is 10.8. The molecule has 34 heavy (non-hydrogen) atoms. The molecule has 0 aliphatic heterocycles. The lowest BCUT2D eigenvalue weighted by molar-refractivity contribution is -0.151. The van der Waals surface area contributed by atoms with Crippen LogP contribution in [0.1, 0.15) is 91.9 Å². The Kier molecular flexibility index (Phi) is 7.48. The number of unbranched alkanes of at least 4 members (excludes halogenated alkanes) is 1. The van der Waals surface area contributed by atoms with Crippen molar-refractivity contribution in [1.29, 1.82) is 0 Å². The minimum atomic E-state index is -0.265. The van der Waals surface area contributed by atoms with Gasteiger partial charge in [0.05, 0.1) is 5.25 Å². The maximum atomic E-state index is 13.2. The molecule has 0 amide bonds. The molecule has 5 nitrogen and oxygen atoms in total. The Bertz CT molecular complexity index is 893. The Morgan fingerprint density at radius 3 is 2.59 bits per heavy atom. The molecule has 0 bridgehead atoms. The lowest BCUT2D eigenvalue weighted by atomic mass is 9.46. The van der Waals surface area contributed by atoms with E-state index < -0.39 is 0 Å². The number of thioether (sulfide) groups is 1. The van der Waals surface area contributed by atoms with Crippen LogP contribution in [-0.4, -0.2) is 34.5 Å². The number of allylic oxidation sites excluding steroid dienone is 1. The van der Waals surface area contributed by atoms with Gasteiger partial charge in [-0.25, -0.2) is 0 Å².